The van der Waals surface area contributed by atoms with Crippen molar-refractivity contribution in [3.8, 4) is 22.4 Å². The normalized spacial score (nSPS) is 14.8. The first-order valence-corrected chi connectivity index (χ1v) is 12.8. The van der Waals surface area contributed by atoms with Crippen LogP contribution in [0.1, 0.15) is 0 Å². The summed E-state index contributed by atoms with van der Waals surface area (Å²) in [6.07, 6.45) is 0. The van der Waals surface area contributed by atoms with Crippen molar-refractivity contribution in [2.24, 2.45) is 0 Å². The molecule has 4 aromatic rings. The van der Waals surface area contributed by atoms with Crippen molar-refractivity contribution in [3.63, 3.8) is 0 Å². The van der Waals surface area contributed by atoms with Gasteiger partial charge in [-0.1, -0.05) is 72.3 Å². The number of piperazine rings is 1. The minimum atomic E-state index is -3.56. The number of halogens is 1. The molecule has 1 saturated heterocycles. The van der Waals surface area contributed by atoms with Gasteiger partial charge in [0, 0.05) is 31.7 Å². The molecule has 8 heteroatoms. The molecule has 0 atom stereocenters. The second kappa shape index (κ2) is 9.54. The van der Waals surface area contributed by atoms with E-state index in [0.29, 0.717) is 41.8 Å². The number of aromatic nitrogens is 2. The Kier molecular flexibility index (Phi) is 6.32. The van der Waals surface area contributed by atoms with Gasteiger partial charge in [-0.25, -0.2) is 8.42 Å². The molecular weight excluding hydrogens is 468 g/mol. The molecule has 0 spiro atoms. The van der Waals surface area contributed by atoms with Crippen LogP contribution in [-0.4, -0.2) is 49.1 Å². The summed E-state index contributed by atoms with van der Waals surface area (Å²) in [6.45, 7) is 1.86. The summed E-state index contributed by atoms with van der Waals surface area (Å²) < 4.78 is 27.9. The van der Waals surface area contributed by atoms with Crippen LogP contribution in [0.4, 0.5) is 5.82 Å². The Morgan fingerprint density at radius 2 is 1.32 bits per heavy atom. The summed E-state index contributed by atoms with van der Waals surface area (Å²) in [6, 6.07) is 28.3. The molecule has 0 radical (unpaired) electrons. The van der Waals surface area contributed by atoms with Gasteiger partial charge in [-0.3, -0.25) is 0 Å². The molecule has 1 aromatic heterocycles. The molecule has 172 valence electrons. The Bertz CT molecular complexity index is 1370. The molecule has 1 aliphatic heterocycles. The summed E-state index contributed by atoms with van der Waals surface area (Å²) in [7, 11) is -3.56. The molecule has 0 aliphatic carbocycles. The number of rotatable bonds is 5. The summed E-state index contributed by atoms with van der Waals surface area (Å²) in [5.74, 6) is 0.722. The molecule has 2 heterocycles. The molecule has 0 amide bonds. The van der Waals surface area contributed by atoms with E-state index in [9.17, 15) is 8.42 Å². The second-order valence-corrected chi connectivity index (χ2v) is 10.4. The van der Waals surface area contributed by atoms with E-state index in [0.717, 1.165) is 22.5 Å². The number of anilines is 1. The number of benzene rings is 3. The van der Waals surface area contributed by atoms with Crippen molar-refractivity contribution in [2.75, 3.05) is 31.1 Å². The lowest BCUT2D eigenvalue weighted by atomic mass is 10.1. The van der Waals surface area contributed by atoms with E-state index in [-0.39, 0.29) is 0 Å². The van der Waals surface area contributed by atoms with E-state index >= 15 is 0 Å². The van der Waals surface area contributed by atoms with Crippen molar-refractivity contribution >= 4 is 27.4 Å². The highest BCUT2D eigenvalue weighted by molar-refractivity contribution is 7.89. The zero-order valence-corrected chi connectivity index (χ0v) is 20.0. The maximum atomic E-state index is 13.2. The van der Waals surface area contributed by atoms with Crippen molar-refractivity contribution < 1.29 is 8.42 Å². The molecule has 3 aromatic carbocycles. The molecular formula is C26H23ClN4O2S. The monoisotopic (exact) mass is 490 g/mol. The number of sulfonamides is 1. The van der Waals surface area contributed by atoms with Gasteiger partial charge < -0.3 is 4.90 Å². The van der Waals surface area contributed by atoms with Gasteiger partial charge in [0.15, 0.2) is 5.82 Å². The van der Waals surface area contributed by atoms with E-state index in [1.54, 1.807) is 12.1 Å². The van der Waals surface area contributed by atoms with Gasteiger partial charge >= 0.3 is 0 Å². The first-order chi connectivity index (χ1) is 16.5. The van der Waals surface area contributed by atoms with Crippen LogP contribution in [0.25, 0.3) is 22.4 Å². The number of nitrogens with zero attached hydrogens (tertiary/aromatic N) is 4. The minimum absolute atomic E-state index is 0.310. The predicted octanol–water partition coefficient (Wildman–Crippen LogP) is 4.97. The fourth-order valence-corrected chi connectivity index (χ4v) is 5.72. The van der Waals surface area contributed by atoms with Crippen molar-refractivity contribution in [2.45, 2.75) is 4.90 Å². The summed E-state index contributed by atoms with van der Waals surface area (Å²) >= 11 is 6.26. The maximum Gasteiger partial charge on any atom is 0.243 e. The Morgan fingerprint density at radius 3 is 1.97 bits per heavy atom. The first kappa shape index (κ1) is 22.5. The fraction of sp³-hybridized carbons (Fsp3) is 0.154. The average molecular weight is 491 g/mol. The van der Waals surface area contributed by atoms with E-state index in [4.69, 9.17) is 11.6 Å². The SMILES string of the molecule is O=S(=O)(c1ccc(-c2ccccc2)cc1)N1CCN(c2ccc(-c3ccccc3Cl)nn2)CC1. The van der Waals surface area contributed by atoms with Gasteiger partial charge in [0.25, 0.3) is 0 Å². The second-order valence-electron chi connectivity index (χ2n) is 8.04. The Labute approximate surface area is 204 Å². The van der Waals surface area contributed by atoms with Crippen LogP contribution in [0.15, 0.2) is 95.9 Å². The van der Waals surface area contributed by atoms with Crippen LogP contribution >= 0.6 is 11.6 Å². The highest BCUT2D eigenvalue weighted by atomic mass is 35.5. The van der Waals surface area contributed by atoms with Crippen LogP contribution in [0.5, 0.6) is 0 Å². The molecule has 1 aliphatic rings. The molecule has 1 fully saturated rings. The fourth-order valence-electron chi connectivity index (χ4n) is 4.06. The number of hydrogen-bond donors (Lipinski definition) is 0. The minimum Gasteiger partial charge on any atom is -0.352 e. The largest absolute Gasteiger partial charge is 0.352 e. The zero-order chi connectivity index (χ0) is 23.5. The molecule has 6 nitrogen and oxygen atoms in total. The van der Waals surface area contributed by atoms with Gasteiger partial charge in [-0.2, -0.15) is 4.31 Å². The van der Waals surface area contributed by atoms with Crippen molar-refractivity contribution in [1.82, 2.24) is 14.5 Å². The Balaban J connectivity index is 1.25. The molecule has 0 saturated carbocycles. The summed E-state index contributed by atoms with van der Waals surface area (Å²) in [4.78, 5) is 2.36. The standard InChI is InChI=1S/C26H23ClN4O2S/c27-24-9-5-4-8-23(24)25-14-15-26(29-28-25)30-16-18-31(19-17-30)34(32,33)22-12-10-21(11-13-22)20-6-2-1-3-7-20/h1-15H,16-19H2. The van der Waals surface area contributed by atoms with E-state index in [1.165, 1.54) is 4.31 Å². The van der Waals surface area contributed by atoms with Gasteiger partial charge in [0.2, 0.25) is 10.0 Å². The van der Waals surface area contributed by atoms with Crippen LogP contribution < -0.4 is 4.90 Å². The quantitative estimate of drug-likeness (QED) is 0.395. The molecule has 5 rings (SSSR count). The third kappa shape index (κ3) is 4.55. The lowest BCUT2D eigenvalue weighted by Gasteiger charge is -2.34. The molecule has 0 N–H and O–H groups in total. The van der Waals surface area contributed by atoms with Crippen molar-refractivity contribution in [3.05, 3.63) is 96.0 Å². The maximum absolute atomic E-state index is 13.2. The van der Waals surface area contributed by atoms with E-state index in [2.05, 4.69) is 10.2 Å². The van der Waals surface area contributed by atoms with Gasteiger partial charge in [0.1, 0.15) is 0 Å². The van der Waals surface area contributed by atoms with Crippen molar-refractivity contribution in [1.29, 1.82) is 0 Å². The third-order valence-electron chi connectivity index (χ3n) is 5.96. The zero-order valence-electron chi connectivity index (χ0n) is 18.4. The summed E-state index contributed by atoms with van der Waals surface area (Å²) in [5, 5.41) is 9.30. The highest BCUT2D eigenvalue weighted by Gasteiger charge is 2.29. The Hall–Kier alpha value is -3.26. The lowest BCUT2D eigenvalue weighted by Crippen LogP contribution is -2.48. The molecule has 0 unspecified atom stereocenters. The van der Waals surface area contributed by atoms with Crippen LogP contribution in [0.3, 0.4) is 0 Å². The van der Waals surface area contributed by atoms with Gasteiger partial charge in [0.05, 0.1) is 15.6 Å². The highest BCUT2D eigenvalue weighted by Crippen LogP contribution is 2.27. The average Bonchev–Trinajstić information content (AvgIpc) is 2.90. The van der Waals surface area contributed by atoms with E-state index < -0.39 is 10.0 Å². The lowest BCUT2D eigenvalue weighted by molar-refractivity contribution is 0.383. The number of hydrogen-bond acceptors (Lipinski definition) is 5. The van der Waals surface area contributed by atoms with Gasteiger partial charge in [-0.15, -0.1) is 10.2 Å². The van der Waals surface area contributed by atoms with Crippen LogP contribution in [0.2, 0.25) is 5.02 Å². The van der Waals surface area contributed by atoms with Crippen LogP contribution in [-0.2, 0) is 10.0 Å². The summed E-state index contributed by atoms with van der Waals surface area (Å²) in [5.41, 5.74) is 3.58. The first-order valence-electron chi connectivity index (χ1n) is 11.0. The third-order valence-corrected chi connectivity index (χ3v) is 8.20. The molecule has 0 bridgehead atoms. The molecule has 34 heavy (non-hydrogen) atoms. The smallest absolute Gasteiger partial charge is 0.243 e. The predicted molar refractivity (Wildman–Crippen MR) is 135 cm³/mol. The van der Waals surface area contributed by atoms with Crippen LogP contribution in [0, 0.1) is 0 Å². The van der Waals surface area contributed by atoms with E-state index in [1.807, 2.05) is 83.8 Å². The van der Waals surface area contributed by atoms with Gasteiger partial charge in [-0.05, 0) is 41.5 Å². The Morgan fingerprint density at radius 1 is 0.676 bits per heavy atom. The topological polar surface area (TPSA) is 66.4 Å².